The van der Waals surface area contributed by atoms with E-state index in [0.29, 0.717) is 6.54 Å². The van der Waals surface area contributed by atoms with Crippen molar-refractivity contribution in [2.75, 3.05) is 6.54 Å². The summed E-state index contributed by atoms with van der Waals surface area (Å²) in [4.78, 5) is 12.0. The summed E-state index contributed by atoms with van der Waals surface area (Å²) in [6.07, 6.45) is 1.59. The normalized spacial score (nSPS) is 24.8. The molecule has 98 valence electrons. The molecule has 1 aromatic rings. The lowest BCUT2D eigenvalue weighted by atomic mass is 10.1. The van der Waals surface area contributed by atoms with Gasteiger partial charge in [0.2, 0.25) is 5.91 Å². The SMILES string of the molecule is CC1CCC(C(=O)NC(CN)c2ccccc2)O1. The van der Waals surface area contributed by atoms with E-state index in [1.807, 2.05) is 37.3 Å². The zero-order chi connectivity index (χ0) is 13.0. The monoisotopic (exact) mass is 248 g/mol. The summed E-state index contributed by atoms with van der Waals surface area (Å²) in [5, 5.41) is 2.96. The fourth-order valence-electron chi connectivity index (χ4n) is 2.22. The Morgan fingerprint density at radius 3 is 2.72 bits per heavy atom. The highest BCUT2D eigenvalue weighted by Gasteiger charge is 2.29. The third-order valence-corrected chi connectivity index (χ3v) is 3.28. The van der Waals surface area contributed by atoms with E-state index in [1.54, 1.807) is 0 Å². The van der Waals surface area contributed by atoms with Crippen molar-refractivity contribution in [1.82, 2.24) is 5.32 Å². The Morgan fingerprint density at radius 1 is 1.44 bits per heavy atom. The van der Waals surface area contributed by atoms with E-state index in [0.717, 1.165) is 18.4 Å². The zero-order valence-electron chi connectivity index (χ0n) is 10.6. The summed E-state index contributed by atoms with van der Waals surface area (Å²) in [5.74, 6) is -0.0568. The van der Waals surface area contributed by atoms with Gasteiger partial charge in [0, 0.05) is 6.54 Å². The lowest BCUT2D eigenvalue weighted by molar-refractivity contribution is -0.132. The molecule has 1 heterocycles. The van der Waals surface area contributed by atoms with Crippen LogP contribution in [0.15, 0.2) is 30.3 Å². The van der Waals surface area contributed by atoms with Crippen molar-refractivity contribution in [3.63, 3.8) is 0 Å². The highest BCUT2D eigenvalue weighted by molar-refractivity contribution is 5.81. The number of amides is 1. The van der Waals surface area contributed by atoms with Crippen LogP contribution in [-0.2, 0) is 9.53 Å². The second-order valence-electron chi connectivity index (χ2n) is 4.72. The summed E-state index contributed by atoms with van der Waals surface area (Å²) in [6, 6.07) is 9.63. The van der Waals surface area contributed by atoms with Gasteiger partial charge in [0.05, 0.1) is 12.1 Å². The van der Waals surface area contributed by atoms with Crippen LogP contribution in [0.25, 0.3) is 0 Å². The van der Waals surface area contributed by atoms with Gasteiger partial charge in [-0.2, -0.15) is 0 Å². The first-order valence-corrected chi connectivity index (χ1v) is 6.41. The molecule has 1 aromatic carbocycles. The molecule has 4 heteroatoms. The second-order valence-corrected chi connectivity index (χ2v) is 4.72. The van der Waals surface area contributed by atoms with Gasteiger partial charge in [-0.05, 0) is 25.3 Å². The minimum absolute atomic E-state index is 0.0568. The largest absolute Gasteiger partial charge is 0.365 e. The first kappa shape index (κ1) is 13.1. The van der Waals surface area contributed by atoms with Gasteiger partial charge < -0.3 is 15.8 Å². The molecule has 1 aliphatic rings. The molecule has 0 aliphatic carbocycles. The van der Waals surface area contributed by atoms with Crippen LogP contribution in [0.1, 0.15) is 31.4 Å². The molecule has 0 radical (unpaired) electrons. The molecule has 18 heavy (non-hydrogen) atoms. The Hall–Kier alpha value is -1.39. The molecule has 2 rings (SSSR count). The van der Waals surface area contributed by atoms with Gasteiger partial charge in [0.15, 0.2) is 0 Å². The lowest BCUT2D eigenvalue weighted by Crippen LogP contribution is -2.39. The molecule has 3 N–H and O–H groups in total. The van der Waals surface area contributed by atoms with Gasteiger partial charge in [-0.25, -0.2) is 0 Å². The van der Waals surface area contributed by atoms with E-state index >= 15 is 0 Å². The average molecular weight is 248 g/mol. The molecule has 0 spiro atoms. The van der Waals surface area contributed by atoms with Crippen molar-refractivity contribution in [3.8, 4) is 0 Å². The van der Waals surface area contributed by atoms with Crippen LogP contribution >= 0.6 is 0 Å². The van der Waals surface area contributed by atoms with E-state index in [-0.39, 0.29) is 24.2 Å². The highest BCUT2D eigenvalue weighted by atomic mass is 16.5. The summed E-state index contributed by atoms with van der Waals surface area (Å²) in [5.41, 5.74) is 6.75. The van der Waals surface area contributed by atoms with Crippen molar-refractivity contribution >= 4 is 5.91 Å². The van der Waals surface area contributed by atoms with Crippen molar-refractivity contribution in [3.05, 3.63) is 35.9 Å². The van der Waals surface area contributed by atoms with E-state index in [9.17, 15) is 4.79 Å². The van der Waals surface area contributed by atoms with Gasteiger partial charge in [0.25, 0.3) is 0 Å². The minimum Gasteiger partial charge on any atom is -0.365 e. The number of carbonyl (C=O) groups excluding carboxylic acids is 1. The van der Waals surface area contributed by atoms with Gasteiger partial charge in [-0.3, -0.25) is 4.79 Å². The van der Waals surface area contributed by atoms with Crippen molar-refractivity contribution in [2.24, 2.45) is 5.73 Å². The molecule has 0 saturated carbocycles. The van der Waals surface area contributed by atoms with Gasteiger partial charge in [0.1, 0.15) is 6.10 Å². The maximum absolute atomic E-state index is 12.0. The van der Waals surface area contributed by atoms with Crippen LogP contribution in [-0.4, -0.2) is 24.7 Å². The number of nitrogens with one attached hydrogen (secondary N) is 1. The number of rotatable bonds is 4. The van der Waals surface area contributed by atoms with Gasteiger partial charge in [-0.15, -0.1) is 0 Å². The molecular formula is C14H20N2O2. The molecule has 1 amide bonds. The van der Waals surface area contributed by atoms with E-state index in [4.69, 9.17) is 10.5 Å². The molecular weight excluding hydrogens is 228 g/mol. The molecule has 3 atom stereocenters. The maximum atomic E-state index is 12.0. The zero-order valence-corrected chi connectivity index (χ0v) is 10.6. The molecule has 0 aromatic heterocycles. The van der Waals surface area contributed by atoms with Gasteiger partial charge in [-0.1, -0.05) is 30.3 Å². The summed E-state index contributed by atoms with van der Waals surface area (Å²) in [6.45, 7) is 2.38. The van der Waals surface area contributed by atoms with Crippen LogP contribution in [0.5, 0.6) is 0 Å². The molecule has 1 aliphatic heterocycles. The Balaban J connectivity index is 1.96. The Morgan fingerprint density at radius 2 is 2.17 bits per heavy atom. The lowest BCUT2D eigenvalue weighted by Gasteiger charge is -2.19. The van der Waals surface area contributed by atoms with Crippen LogP contribution < -0.4 is 11.1 Å². The number of hydrogen-bond donors (Lipinski definition) is 2. The Labute approximate surface area is 108 Å². The Bertz CT molecular complexity index is 394. The van der Waals surface area contributed by atoms with E-state index in [2.05, 4.69) is 5.32 Å². The molecule has 0 bridgehead atoms. The number of carbonyl (C=O) groups is 1. The standard InChI is InChI=1S/C14H20N2O2/c1-10-7-8-13(18-10)14(17)16-12(9-15)11-5-3-2-4-6-11/h2-6,10,12-13H,7-9,15H2,1H3,(H,16,17). The van der Waals surface area contributed by atoms with Crippen LogP contribution in [0.3, 0.4) is 0 Å². The van der Waals surface area contributed by atoms with E-state index in [1.165, 1.54) is 0 Å². The third kappa shape index (κ3) is 3.09. The summed E-state index contributed by atoms with van der Waals surface area (Å²) >= 11 is 0. The number of ether oxygens (including phenoxy) is 1. The fraction of sp³-hybridized carbons (Fsp3) is 0.500. The summed E-state index contributed by atoms with van der Waals surface area (Å²) in [7, 11) is 0. The second kappa shape index (κ2) is 5.98. The molecule has 1 saturated heterocycles. The summed E-state index contributed by atoms with van der Waals surface area (Å²) < 4.78 is 5.55. The Kier molecular flexibility index (Phi) is 4.33. The first-order valence-electron chi connectivity index (χ1n) is 6.41. The average Bonchev–Trinajstić information content (AvgIpc) is 2.83. The van der Waals surface area contributed by atoms with Crippen molar-refractivity contribution in [2.45, 2.75) is 38.0 Å². The quantitative estimate of drug-likeness (QED) is 0.846. The van der Waals surface area contributed by atoms with Crippen LogP contribution in [0.2, 0.25) is 0 Å². The van der Waals surface area contributed by atoms with Crippen molar-refractivity contribution < 1.29 is 9.53 Å². The number of nitrogens with two attached hydrogens (primary N) is 1. The van der Waals surface area contributed by atoms with Crippen LogP contribution in [0, 0.1) is 0 Å². The predicted molar refractivity (Wildman–Crippen MR) is 69.9 cm³/mol. The third-order valence-electron chi connectivity index (χ3n) is 3.28. The van der Waals surface area contributed by atoms with Gasteiger partial charge >= 0.3 is 0 Å². The molecule has 1 fully saturated rings. The predicted octanol–water partition coefficient (Wildman–Crippen LogP) is 1.37. The van der Waals surface area contributed by atoms with Crippen molar-refractivity contribution in [1.29, 1.82) is 0 Å². The maximum Gasteiger partial charge on any atom is 0.249 e. The minimum atomic E-state index is -0.322. The molecule has 4 nitrogen and oxygen atoms in total. The number of hydrogen-bond acceptors (Lipinski definition) is 3. The first-order chi connectivity index (χ1) is 8.70. The highest BCUT2D eigenvalue weighted by Crippen LogP contribution is 2.20. The van der Waals surface area contributed by atoms with E-state index < -0.39 is 0 Å². The smallest absolute Gasteiger partial charge is 0.249 e. The topological polar surface area (TPSA) is 64.4 Å². The van der Waals surface area contributed by atoms with Crippen LogP contribution in [0.4, 0.5) is 0 Å². The fourth-order valence-corrected chi connectivity index (χ4v) is 2.22. The number of benzene rings is 1. The molecule has 3 unspecified atom stereocenters.